The number of benzene rings is 1. The average Bonchev–Trinajstić information content (AvgIpc) is 2.24. The lowest BCUT2D eigenvalue weighted by atomic mass is 10.0. The quantitative estimate of drug-likeness (QED) is 0.597. The topological polar surface area (TPSA) is 29.1 Å². The first kappa shape index (κ1) is 12.5. The number of rotatable bonds is 5. The molecule has 0 aliphatic carbocycles. The van der Waals surface area contributed by atoms with Crippen LogP contribution in [0.25, 0.3) is 0 Å². The number of ketones is 1. The normalized spacial score (nSPS) is 9.81. The molecule has 0 aliphatic rings. The van der Waals surface area contributed by atoms with Crippen LogP contribution in [0.3, 0.4) is 0 Å². The maximum Gasteiger partial charge on any atom is 0.150 e. The van der Waals surface area contributed by atoms with Crippen molar-refractivity contribution in [1.29, 1.82) is 0 Å². The summed E-state index contributed by atoms with van der Waals surface area (Å²) in [6.07, 6.45) is 5.55. The number of terminal acetylenes is 1. The Hall–Kier alpha value is -1.59. The van der Waals surface area contributed by atoms with Crippen LogP contribution in [0.4, 0.5) is 0 Å². The highest BCUT2D eigenvalue weighted by atomic mass is 16.1. The van der Waals surface area contributed by atoms with Crippen molar-refractivity contribution in [2.24, 2.45) is 0 Å². The monoisotopic (exact) mass is 215 g/mol. The number of nitrogens with one attached hydrogen (secondary N) is 1. The van der Waals surface area contributed by atoms with Crippen LogP contribution in [0.2, 0.25) is 0 Å². The second kappa shape index (κ2) is 6.09. The van der Waals surface area contributed by atoms with Crippen molar-refractivity contribution in [2.45, 2.75) is 20.3 Å². The van der Waals surface area contributed by atoms with E-state index in [1.54, 1.807) is 0 Å². The van der Waals surface area contributed by atoms with Crippen LogP contribution in [-0.2, 0) is 11.2 Å². The Morgan fingerprint density at radius 2 is 2.12 bits per heavy atom. The summed E-state index contributed by atoms with van der Waals surface area (Å²) in [7, 11) is 0. The van der Waals surface area contributed by atoms with Gasteiger partial charge in [0.05, 0.1) is 13.1 Å². The predicted octanol–water partition coefficient (Wildman–Crippen LogP) is 1.64. The summed E-state index contributed by atoms with van der Waals surface area (Å²) in [5, 5.41) is 2.90. The van der Waals surface area contributed by atoms with E-state index < -0.39 is 0 Å². The van der Waals surface area contributed by atoms with Crippen LogP contribution in [0.15, 0.2) is 18.2 Å². The maximum absolute atomic E-state index is 11.6. The molecule has 1 N–H and O–H groups in total. The molecular formula is C14H17NO. The van der Waals surface area contributed by atoms with Gasteiger partial charge in [-0.05, 0) is 30.5 Å². The minimum atomic E-state index is 0.165. The Morgan fingerprint density at radius 3 is 2.75 bits per heavy atom. The minimum absolute atomic E-state index is 0.165. The third-order valence-corrected chi connectivity index (χ3v) is 2.52. The second-order valence-electron chi connectivity index (χ2n) is 3.94. The molecule has 2 heteroatoms. The lowest BCUT2D eigenvalue weighted by Crippen LogP contribution is -2.24. The molecule has 1 rings (SSSR count). The number of aryl methyl sites for hydroxylation is 2. The lowest BCUT2D eigenvalue weighted by Gasteiger charge is -2.05. The Labute approximate surface area is 97.1 Å². The van der Waals surface area contributed by atoms with Crippen molar-refractivity contribution in [1.82, 2.24) is 5.32 Å². The molecule has 0 amide bonds. The molecule has 0 atom stereocenters. The first-order valence-corrected chi connectivity index (χ1v) is 5.35. The molecule has 16 heavy (non-hydrogen) atoms. The average molecular weight is 215 g/mol. The molecule has 0 bridgehead atoms. The number of Topliss-reactive ketones (excluding diaryl/α,β-unsaturated/α-hetero) is 1. The van der Waals surface area contributed by atoms with E-state index in [2.05, 4.69) is 31.2 Å². The highest BCUT2D eigenvalue weighted by Crippen LogP contribution is 2.10. The van der Waals surface area contributed by atoms with Crippen molar-refractivity contribution in [3.8, 4) is 12.3 Å². The van der Waals surface area contributed by atoms with Gasteiger partial charge in [0, 0.05) is 6.42 Å². The van der Waals surface area contributed by atoms with Crippen LogP contribution in [-0.4, -0.2) is 18.9 Å². The van der Waals surface area contributed by atoms with Crippen LogP contribution in [0.1, 0.15) is 16.7 Å². The molecule has 0 heterocycles. The second-order valence-corrected chi connectivity index (χ2v) is 3.94. The maximum atomic E-state index is 11.6. The van der Waals surface area contributed by atoms with Gasteiger partial charge in [-0.15, -0.1) is 6.42 Å². The van der Waals surface area contributed by atoms with Gasteiger partial charge in [-0.3, -0.25) is 10.1 Å². The van der Waals surface area contributed by atoms with E-state index in [0.29, 0.717) is 19.5 Å². The molecule has 2 nitrogen and oxygen atoms in total. The summed E-state index contributed by atoms with van der Waals surface area (Å²) in [6, 6.07) is 6.11. The fourth-order valence-corrected chi connectivity index (χ4v) is 1.48. The van der Waals surface area contributed by atoms with E-state index in [-0.39, 0.29) is 5.78 Å². The zero-order chi connectivity index (χ0) is 12.0. The van der Waals surface area contributed by atoms with Gasteiger partial charge in [-0.2, -0.15) is 0 Å². The van der Waals surface area contributed by atoms with Gasteiger partial charge in [0.25, 0.3) is 0 Å². The molecule has 0 unspecified atom stereocenters. The fraction of sp³-hybridized carbons (Fsp3) is 0.357. The SMILES string of the molecule is C#CCNCC(=O)Cc1ccc(C)c(C)c1. The summed E-state index contributed by atoms with van der Waals surface area (Å²) in [5.41, 5.74) is 3.54. The van der Waals surface area contributed by atoms with Gasteiger partial charge in [-0.1, -0.05) is 24.1 Å². The molecule has 1 aromatic rings. The van der Waals surface area contributed by atoms with E-state index in [1.165, 1.54) is 11.1 Å². The molecule has 0 saturated heterocycles. The van der Waals surface area contributed by atoms with Gasteiger partial charge in [-0.25, -0.2) is 0 Å². The largest absolute Gasteiger partial charge is 0.299 e. The van der Waals surface area contributed by atoms with E-state index >= 15 is 0 Å². The highest BCUT2D eigenvalue weighted by Gasteiger charge is 2.03. The van der Waals surface area contributed by atoms with Crippen LogP contribution in [0, 0.1) is 26.2 Å². The van der Waals surface area contributed by atoms with Gasteiger partial charge in [0.2, 0.25) is 0 Å². The summed E-state index contributed by atoms with van der Waals surface area (Å²) < 4.78 is 0. The van der Waals surface area contributed by atoms with Crippen molar-refractivity contribution < 1.29 is 4.79 Å². The molecule has 0 spiro atoms. The van der Waals surface area contributed by atoms with Crippen LogP contribution >= 0.6 is 0 Å². The third kappa shape index (κ3) is 3.88. The standard InChI is InChI=1S/C14H17NO/c1-4-7-15-10-14(16)9-13-6-5-11(2)12(3)8-13/h1,5-6,8,15H,7,9-10H2,2-3H3. The van der Waals surface area contributed by atoms with E-state index in [1.807, 2.05) is 12.1 Å². The first-order chi connectivity index (χ1) is 7.63. The molecule has 0 aliphatic heterocycles. The number of hydrogen-bond acceptors (Lipinski definition) is 2. The number of carbonyl (C=O) groups excluding carboxylic acids is 1. The zero-order valence-electron chi connectivity index (χ0n) is 9.84. The predicted molar refractivity (Wildman–Crippen MR) is 66.3 cm³/mol. The van der Waals surface area contributed by atoms with Gasteiger partial charge >= 0.3 is 0 Å². The zero-order valence-corrected chi connectivity index (χ0v) is 9.84. The van der Waals surface area contributed by atoms with Crippen molar-refractivity contribution in [2.75, 3.05) is 13.1 Å². The summed E-state index contributed by atoms with van der Waals surface area (Å²) in [5.74, 6) is 2.61. The fourth-order valence-electron chi connectivity index (χ4n) is 1.48. The number of carbonyl (C=O) groups is 1. The summed E-state index contributed by atoms with van der Waals surface area (Å²) in [6.45, 7) is 4.91. The van der Waals surface area contributed by atoms with Gasteiger partial charge in [0.1, 0.15) is 0 Å². The van der Waals surface area contributed by atoms with Crippen molar-refractivity contribution >= 4 is 5.78 Å². The molecule has 0 aromatic heterocycles. The molecular weight excluding hydrogens is 198 g/mol. The minimum Gasteiger partial charge on any atom is -0.299 e. The smallest absolute Gasteiger partial charge is 0.150 e. The Balaban J connectivity index is 2.50. The van der Waals surface area contributed by atoms with E-state index in [0.717, 1.165) is 5.56 Å². The summed E-state index contributed by atoms with van der Waals surface area (Å²) >= 11 is 0. The van der Waals surface area contributed by atoms with Gasteiger partial charge in [0.15, 0.2) is 5.78 Å². The van der Waals surface area contributed by atoms with Gasteiger partial charge < -0.3 is 0 Å². The highest BCUT2D eigenvalue weighted by molar-refractivity contribution is 5.82. The van der Waals surface area contributed by atoms with E-state index in [9.17, 15) is 4.79 Å². The van der Waals surface area contributed by atoms with E-state index in [4.69, 9.17) is 6.42 Å². The van der Waals surface area contributed by atoms with Crippen molar-refractivity contribution in [3.63, 3.8) is 0 Å². The van der Waals surface area contributed by atoms with Crippen LogP contribution in [0.5, 0.6) is 0 Å². The Morgan fingerprint density at radius 1 is 1.38 bits per heavy atom. The summed E-state index contributed by atoms with van der Waals surface area (Å²) in [4.78, 5) is 11.6. The molecule has 1 aromatic carbocycles. The Kier molecular flexibility index (Phi) is 4.75. The lowest BCUT2D eigenvalue weighted by molar-refractivity contribution is -0.117. The molecule has 0 radical (unpaired) electrons. The number of hydrogen-bond donors (Lipinski definition) is 1. The third-order valence-electron chi connectivity index (χ3n) is 2.52. The van der Waals surface area contributed by atoms with Crippen molar-refractivity contribution in [3.05, 3.63) is 34.9 Å². The molecule has 0 saturated carbocycles. The first-order valence-electron chi connectivity index (χ1n) is 5.35. The molecule has 84 valence electrons. The molecule has 0 fully saturated rings. The van der Waals surface area contributed by atoms with Crippen LogP contribution < -0.4 is 5.32 Å². The Bertz CT molecular complexity index is 415.